The first-order chi connectivity index (χ1) is 19.3. The first-order valence-electron chi connectivity index (χ1n) is 14.2. The molecule has 0 radical (unpaired) electrons. The van der Waals surface area contributed by atoms with Crippen molar-refractivity contribution in [1.82, 2.24) is 9.97 Å². The molecule has 2 aliphatic rings. The summed E-state index contributed by atoms with van der Waals surface area (Å²) in [5.74, 6) is 3.34. The van der Waals surface area contributed by atoms with Gasteiger partial charge < -0.3 is 14.5 Å². The van der Waals surface area contributed by atoms with E-state index in [1.54, 1.807) is 0 Å². The van der Waals surface area contributed by atoms with Crippen molar-refractivity contribution in [3.63, 3.8) is 0 Å². The van der Waals surface area contributed by atoms with Crippen LogP contribution in [0, 0.1) is 0 Å². The molecule has 0 amide bonds. The molecule has 0 saturated carbocycles. The summed E-state index contributed by atoms with van der Waals surface area (Å²) in [6, 6.07) is 24.8. The fourth-order valence-corrected chi connectivity index (χ4v) is 5.44. The number of hydrogen-bond donors (Lipinski definition) is 1. The van der Waals surface area contributed by atoms with Crippen LogP contribution in [0.5, 0.6) is 5.75 Å². The van der Waals surface area contributed by atoms with Crippen LogP contribution in [-0.2, 0) is 6.61 Å². The van der Waals surface area contributed by atoms with Gasteiger partial charge in [0, 0.05) is 32.2 Å². The van der Waals surface area contributed by atoms with Crippen molar-refractivity contribution in [2.75, 3.05) is 41.4 Å². The van der Waals surface area contributed by atoms with Gasteiger partial charge in [-0.1, -0.05) is 54.6 Å². The monoisotopic (exact) mass is 520 g/mol. The number of hydrogen-bond acceptors (Lipinski definition) is 7. The normalized spacial score (nSPS) is 16.1. The van der Waals surface area contributed by atoms with Crippen molar-refractivity contribution < 1.29 is 4.74 Å². The first kappa shape index (κ1) is 25.2. The zero-order valence-electron chi connectivity index (χ0n) is 22.4. The highest BCUT2D eigenvalue weighted by atomic mass is 16.5. The first-order valence-corrected chi connectivity index (χ1v) is 14.2. The maximum atomic E-state index is 6.16. The molecule has 3 aromatic carbocycles. The Hall–Kier alpha value is -4.13. The van der Waals surface area contributed by atoms with E-state index < -0.39 is 0 Å². The molecule has 1 N–H and O–H groups in total. The fraction of sp³-hybridized carbons (Fsp3) is 0.344. The minimum absolute atomic E-state index is 0.514. The molecule has 2 aliphatic heterocycles. The highest BCUT2D eigenvalue weighted by Gasteiger charge is 2.19. The van der Waals surface area contributed by atoms with Gasteiger partial charge in [0.1, 0.15) is 18.2 Å². The Morgan fingerprint density at radius 1 is 0.769 bits per heavy atom. The number of aromatic nitrogens is 2. The van der Waals surface area contributed by atoms with Crippen molar-refractivity contribution >= 4 is 34.6 Å². The number of benzene rings is 3. The molecule has 0 spiro atoms. The second kappa shape index (κ2) is 12.2. The molecule has 6 rings (SSSR count). The number of nitrogens with one attached hydrogen (secondary N) is 1. The molecule has 200 valence electrons. The Morgan fingerprint density at radius 2 is 1.51 bits per heavy atom. The van der Waals surface area contributed by atoms with Gasteiger partial charge in [-0.2, -0.15) is 15.1 Å². The van der Waals surface area contributed by atoms with Gasteiger partial charge in [-0.05, 0) is 72.6 Å². The third kappa shape index (κ3) is 6.30. The Kier molecular flexibility index (Phi) is 7.84. The molecule has 0 unspecified atom stereocenters. The van der Waals surface area contributed by atoms with E-state index in [-0.39, 0.29) is 0 Å². The van der Waals surface area contributed by atoms with Crippen molar-refractivity contribution in [3.05, 3.63) is 83.9 Å². The van der Waals surface area contributed by atoms with Gasteiger partial charge in [-0.15, -0.1) is 0 Å². The van der Waals surface area contributed by atoms with Crippen molar-refractivity contribution in [1.29, 1.82) is 0 Å². The molecular weight excluding hydrogens is 484 g/mol. The van der Waals surface area contributed by atoms with E-state index in [9.17, 15) is 0 Å². The van der Waals surface area contributed by atoms with Gasteiger partial charge >= 0.3 is 0 Å². The van der Waals surface area contributed by atoms with E-state index in [1.807, 2.05) is 36.5 Å². The van der Waals surface area contributed by atoms with Crippen molar-refractivity contribution in [2.24, 2.45) is 5.10 Å². The summed E-state index contributed by atoms with van der Waals surface area (Å²) in [7, 11) is 0. The van der Waals surface area contributed by atoms with Crippen LogP contribution < -0.4 is 20.0 Å². The van der Waals surface area contributed by atoms with Gasteiger partial charge in [0.2, 0.25) is 5.95 Å². The van der Waals surface area contributed by atoms with E-state index in [2.05, 4.69) is 62.8 Å². The molecular formula is C32H36N6O. The van der Waals surface area contributed by atoms with E-state index in [1.165, 1.54) is 54.9 Å². The molecule has 7 nitrogen and oxygen atoms in total. The lowest BCUT2D eigenvalue weighted by Crippen LogP contribution is -2.33. The minimum Gasteiger partial charge on any atom is -0.489 e. The SMILES string of the molecule is C(=N/Nc1cc(N2CCCCC2)nc(N2CCCCC2)n1)/c1cccc(OCc2cccc3ccccc23)c1. The number of nitrogens with zero attached hydrogens (tertiary/aromatic N) is 5. The van der Waals surface area contributed by atoms with Crippen LogP contribution in [0.25, 0.3) is 10.8 Å². The summed E-state index contributed by atoms with van der Waals surface area (Å²) in [5, 5.41) is 6.97. The average Bonchev–Trinajstić information content (AvgIpc) is 3.01. The summed E-state index contributed by atoms with van der Waals surface area (Å²) >= 11 is 0. The zero-order valence-corrected chi connectivity index (χ0v) is 22.4. The number of anilines is 3. The van der Waals surface area contributed by atoms with Gasteiger partial charge in [0.05, 0.1) is 6.21 Å². The zero-order chi connectivity index (χ0) is 26.3. The molecule has 0 aliphatic carbocycles. The van der Waals surface area contributed by atoms with Crippen LogP contribution in [0.15, 0.2) is 77.9 Å². The summed E-state index contributed by atoms with van der Waals surface area (Å²) in [5.41, 5.74) is 5.30. The third-order valence-corrected chi connectivity index (χ3v) is 7.54. The van der Waals surface area contributed by atoms with E-state index in [0.717, 1.165) is 55.1 Å². The highest BCUT2D eigenvalue weighted by molar-refractivity contribution is 5.85. The Labute approximate surface area is 230 Å². The maximum Gasteiger partial charge on any atom is 0.229 e. The maximum absolute atomic E-state index is 6.16. The van der Waals surface area contributed by atoms with Crippen LogP contribution in [-0.4, -0.2) is 42.4 Å². The average molecular weight is 521 g/mol. The lowest BCUT2D eigenvalue weighted by Gasteiger charge is -2.31. The number of fused-ring (bicyclic) bond motifs is 1. The Bertz CT molecular complexity index is 1380. The topological polar surface area (TPSA) is 65.9 Å². The minimum atomic E-state index is 0.514. The van der Waals surface area contributed by atoms with Gasteiger partial charge in [0.25, 0.3) is 0 Å². The van der Waals surface area contributed by atoms with E-state index in [4.69, 9.17) is 14.7 Å². The Morgan fingerprint density at radius 3 is 2.36 bits per heavy atom. The van der Waals surface area contributed by atoms with Crippen LogP contribution >= 0.6 is 0 Å². The largest absolute Gasteiger partial charge is 0.489 e. The lowest BCUT2D eigenvalue weighted by atomic mass is 10.1. The number of piperidine rings is 2. The molecule has 0 bridgehead atoms. The van der Waals surface area contributed by atoms with E-state index >= 15 is 0 Å². The standard InChI is InChI=1S/C32H36N6O/c1-5-17-37(18-6-1)31-22-30(34-32(35-31)38-19-7-2-8-20-38)36-33-23-25-11-9-15-28(21-25)39-24-27-14-10-13-26-12-3-4-16-29(26)27/h3-4,9-16,21-23H,1-2,5-8,17-20,24H2,(H,34,35,36)/b33-23-. The second-order valence-electron chi connectivity index (χ2n) is 10.4. The van der Waals surface area contributed by atoms with Gasteiger partial charge in [-0.3, -0.25) is 5.43 Å². The summed E-state index contributed by atoms with van der Waals surface area (Å²) in [6.45, 7) is 4.63. The lowest BCUT2D eigenvalue weighted by molar-refractivity contribution is 0.307. The number of rotatable bonds is 8. The van der Waals surface area contributed by atoms with Crippen molar-refractivity contribution in [2.45, 2.75) is 45.1 Å². The number of ether oxygens (including phenoxy) is 1. The summed E-state index contributed by atoms with van der Waals surface area (Å²) in [4.78, 5) is 14.5. The molecule has 4 aromatic rings. The quantitative estimate of drug-likeness (QED) is 0.208. The third-order valence-electron chi connectivity index (χ3n) is 7.54. The molecule has 0 atom stereocenters. The molecule has 39 heavy (non-hydrogen) atoms. The smallest absolute Gasteiger partial charge is 0.229 e. The summed E-state index contributed by atoms with van der Waals surface area (Å²) in [6.07, 6.45) is 9.19. The van der Waals surface area contributed by atoms with Crippen LogP contribution in [0.3, 0.4) is 0 Å². The van der Waals surface area contributed by atoms with Gasteiger partial charge in [0.15, 0.2) is 5.82 Å². The highest BCUT2D eigenvalue weighted by Crippen LogP contribution is 2.25. The second-order valence-corrected chi connectivity index (χ2v) is 10.4. The predicted octanol–water partition coefficient (Wildman–Crippen LogP) is 6.64. The Balaban J connectivity index is 1.15. The van der Waals surface area contributed by atoms with Crippen LogP contribution in [0.4, 0.5) is 17.6 Å². The van der Waals surface area contributed by atoms with Crippen LogP contribution in [0.1, 0.15) is 49.7 Å². The molecule has 7 heteroatoms. The van der Waals surface area contributed by atoms with E-state index in [0.29, 0.717) is 6.61 Å². The predicted molar refractivity (Wildman–Crippen MR) is 160 cm³/mol. The molecule has 3 heterocycles. The van der Waals surface area contributed by atoms with Crippen LogP contribution in [0.2, 0.25) is 0 Å². The molecule has 2 fully saturated rings. The molecule has 1 aromatic heterocycles. The fourth-order valence-electron chi connectivity index (χ4n) is 5.44. The summed E-state index contributed by atoms with van der Waals surface area (Å²) < 4.78 is 6.16. The van der Waals surface area contributed by atoms with Crippen molar-refractivity contribution in [3.8, 4) is 5.75 Å². The number of hydrazone groups is 1. The molecule has 2 saturated heterocycles. The van der Waals surface area contributed by atoms with Gasteiger partial charge in [-0.25, -0.2) is 0 Å².